The number of benzene rings is 2. The van der Waals surface area contributed by atoms with Crippen LogP contribution in [0.3, 0.4) is 0 Å². The molecular formula is C27H29ClF3N5O8S. The zero-order valence-corrected chi connectivity index (χ0v) is 26.4. The molecule has 0 atom stereocenters. The van der Waals surface area contributed by atoms with Crippen LogP contribution in [0.5, 0.6) is 11.5 Å². The van der Waals surface area contributed by atoms with E-state index in [0.717, 1.165) is 35.3 Å². The first-order chi connectivity index (χ1) is 20.9. The highest BCUT2D eigenvalue weighted by molar-refractivity contribution is 7.15. The lowest BCUT2D eigenvalue weighted by Crippen LogP contribution is -2.34. The second kappa shape index (κ2) is 15.5. The molecule has 2 amide bonds. The molecule has 13 nitrogen and oxygen atoms in total. The number of alkyl halides is 3. The Morgan fingerprint density at radius 3 is 2.27 bits per heavy atom. The first-order valence-corrected chi connectivity index (χ1v) is 14.0. The zero-order chi connectivity index (χ0) is 34.1. The van der Waals surface area contributed by atoms with Gasteiger partial charge in [0.25, 0.3) is 5.69 Å². The van der Waals surface area contributed by atoms with Crippen molar-refractivity contribution in [2.24, 2.45) is 0 Å². The van der Waals surface area contributed by atoms with Crippen LogP contribution in [-0.2, 0) is 25.9 Å². The Bertz CT molecular complexity index is 1550. The number of aromatic nitrogens is 2. The molecule has 0 aliphatic heterocycles. The van der Waals surface area contributed by atoms with Crippen molar-refractivity contribution in [3.63, 3.8) is 0 Å². The summed E-state index contributed by atoms with van der Waals surface area (Å²) in [6, 6.07) is 5.16. The lowest BCUT2D eigenvalue weighted by atomic mass is 9.98. The van der Waals surface area contributed by atoms with E-state index in [4.69, 9.17) is 21.1 Å². The monoisotopic (exact) mass is 675 g/mol. The number of nitro groups is 1. The Morgan fingerprint density at radius 2 is 1.76 bits per heavy atom. The summed E-state index contributed by atoms with van der Waals surface area (Å²) >= 11 is 7.24. The Kier molecular flexibility index (Phi) is 12.6. The molecular weight excluding hydrogens is 647 g/mol. The maximum Gasteiger partial charge on any atom is 0.416 e. The smallest absolute Gasteiger partial charge is 0.416 e. The minimum atomic E-state index is -4.61. The summed E-state index contributed by atoms with van der Waals surface area (Å²) in [4.78, 5) is 46.5. The highest BCUT2D eigenvalue weighted by atomic mass is 35.5. The van der Waals surface area contributed by atoms with Gasteiger partial charge in [-0.1, -0.05) is 43.7 Å². The average molecular weight is 676 g/mol. The molecule has 1 N–H and O–H groups in total. The second-order valence-corrected chi connectivity index (χ2v) is 11.2. The minimum absolute atomic E-state index is 0.0283. The number of amides is 2. The Morgan fingerprint density at radius 1 is 1.09 bits per heavy atom. The summed E-state index contributed by atoms with van der Waals surface area (Å²) in [6.45, 7) is 7.02. The van der Waals surface area contributed by atoms with Gasteiger partial charge in [-0.15, -0.1) is 10.2 Å². The number of anilines is 1. The van der Waals surface area contributed by atoms with Gasteiger partial charge in [-0.2, -0.15) is 13.2 Å². The number of ether oxygens (including phenoxy) is 3. The SMILES string of the molecule is CCOC(=O)COC(=O)c1cc(Oc2ccc(C(F)(F)F)cc2Cl)ccc1[N+](=O)[O-].CNC(=O)N(C)c1nnc(C(C)(C)C)s1. The normalized spacial score (nSPS) is 11.1. The van der Waals surface area contributed by atoms with Crippen LogP contribution in [0.2, 0.25) is 5.02 Å². The molecule has 18 heteroatoms. The van der Waals surface area contributed by atoms with Crippen LogP contribution in [0.4, 0.5) is 28.8 Å². The van der Waals surface area contributed by atoms with Crippen molar-refractivity contribution in [1.82, 2.24) is 15.5 Å². The summed E-state index contributed by atoms with van der Waals surface area (Å²) in [5.41, 5.74) is -2.19. The van der Waals surface area contributed by atoms with Crippen LogP contribution in [0.25, 0.3) is 0 Å². The van der Waals surface area contributed by atoms with Crippen LogP contribution in [0.1, 0.15) is 48.6 Å². The van der Waals surface area contributed by atoms with Gasteiger partial charge in [0.1, 0.15) is 22.1 Å². The highest BCUT2D eigenvalue weighted by Crippen LogP contribution is 2.37. The van der Waals surface area contributed by atoms with Crippen molar-refractivity contribution in [2.45, 2.75) is 39.3 Å². The average Bonchev–Trinajstić information content (AvgIpc) is 3.47. The predicted octanol–water partition coefficient (Wildman–Crippen LogP) is 6.39. The van der Waals surface area contributed by atoms with Crippen LogP contribution in [-0.4, -0.2) is 60.4 Å². The van der Waals surface area contributed by atoms with E-state index in [1.165, 1.54) is 23.2 Å². The molecule has 1 heterocycles. The van der Waals surface area contributed by atoms with Crippen molar-refractivity contribution in [1.29, 1.82) is 0 Å². The topological polar surface area (TPSA) is 163 Å². The van der Waals surface area contributed by atoms with Gasteiger partial charge in [-0.3, -0.25) is 15.0 Å². The van der Waals surface area contributed by atoms with Crippen LogP contribution in [0.15, 0.2) is 36.4 Å². The van der Waals surface area contributed by atoms with E-state index in [1.807, 2.05) is 0 Å². The number of nitrogens with one attached hydrogen (secondary N) is 1. The fourth-order valence-corrected chi connectivity index (χ4v) is 4.18. The molecule has 1 aromatic heterocycles. The summed E-state index contributed by atoms with van der Waals surface area (Å²) in [7, 11) is 3.26. The van der Waals surface area contributed by atoms with E-state index in [-0.39, 0.29) is 34.6 Å². The highest BCUT2D eigenvalue weighted by Gasteiger charge is 2.31. The van der Waals surface area contributed by atoms with E-state index in [0.29, 0.717) is 11.2 Å². The number of halogens is 4. The Hall–Kier alpha value is -4.51. The van der Waals surface area contributed by atoms with E-state index < -0.39 is 46.5 Å². The third-order valence-electron chi connectivity index (χ3n) is 5.36. The van der Waals surface area contributed by atoms with Gasteiger partial charge in [0, 0.05) is 31.6 Å². The van der Waals surface area contributed by atoms with Crippen molar-refractivity contribution in [3.05, 3.63) is 67.7 Å². The number of nitrogens with zero attached hydrogens (tertiary/aromatic N) is 4. The lowest BCUT2D eigenvalue weighted by molar-refractivity contribution is -0.385. The van der Waals surface area contributed by atoms with Crippen molar-refractivity contribution >= 4 is 51.7 Å². The van der Waals surface area contributed by atoms with Gasteiger partial charge in [-0.25, -0.2) is 14.4 Å². The van der Waals surface area contributed by atoms with Gasteiger partial charge < -0.3 is 19.5 Å². The molecule has 0 saturated heterocycles. The molecule has 0 spiro atoms. The third kappa shape index (κ3) is 10.6. The molecule has 2 aromatic carbocycles. The summed E-state index contributed by atoms with van der Waals surface area (Å²) in [5.74, 6) is -2.36. The van der Waals surface area contributed by atoms with Gasteiger partial charge in [-0.05, 0) is 31.2 Å². The molecule has 3 rings (SSSR count). The number of hydrogen-bond donors (Lipinski definition) is 1. The first kappa shape index (κ1) is 36.7. The van der Waals surface area contributed by atoms with Crippen molar-refractivity contribution in [3.8, 4) is 11.5 Å². The van der Waals surface area contributed by atoms with Gasteiger partial charge in [0.2, 0.25) is 5.13 Å². The fourth-order valence-electron chi connectivity index (χ4n) is 3.10. The summed E-state index contributed by atoms with van der Waals surface area (Å²) in [6.07, 6.45) is -4.61. The third-order valence-corrected chi connectivity index (χ3v) is 7.08. The Balaban J connectivity index is 0.000000394. The van der Waals surface area contributed by atoms with Gasteiger partial charge >= 0.3 is 24.1 Å². The maximum absolute atomic E-state index is 12.7. The number of esters is 2. The molecule has 0 bridgehead atoms. The molecule has 3 aromatic rings. The van der Waals surface area contributed by atoms with E-state index in [1.54, 1.807) is 14.1 Å². The summed E-state index contributed by atoms with van der Waals surface area (Å²) in [5, 5.41) is 22.9. The Labute approximate surface area is 264 Å². The predicted molar refractivity (Wildman–Crippen MR) is 158 cm³/mol. The fraction of sp³-hybridized carbons (Fsp3) is 0.370. The molecule has 0 fully saturated rings. The molecule has 244 valence electrons. The van der Waals surface area contributed by atoms with E-state index in [2.05, 4.69) is 41.0 Å². The zero-order valence-electron chi connectivity index (χ0n) is 24.9. The van der Waals surface area contributed by atoms with E-state index >= 15 is 0 Å². The number of urea groups is 1. The number of carbonyl (C=O) groups is 3. The molecule has 0 radical (unpaired) electrons. The van der Waals surface area contributed by atoms with Gasteiger partial charge in [0.05, 0.1) is 22.1 Å². The molecule has 0 unspecified atom stereocenters. The lowest BCUT2D eigenvalue weighted by Gasteiger charge is -2.13. The van der Waals surface area contributed by atoms with E-state index in [9.17, 15) is 37.7 Å². The minimum Gasteiger partial charge on any atom is -0.463 e. The van der Waals surface area contributed by atoms with Crippen LogP contribution in [0, 0.1) is 10.1 Å². The quantitative estimate of drug-likeness (QED) is 0.161. The van der Waals surface area contributed by atoms with Gasteiger partial charge in [0.15, 0.2) is 6.61 Å². The van der Waals surface area contributed by atoms with Crippen LogP contribution >= 0.6 is 22.9 Å². The van der Waals surface area contributed by atoms with Crippen molar-refractivity contribution in [2.75, 3.05) is 32.2 Å². The first-order valence-electron chi connectivity index (χ1n) is 12.8. The second-order valence-electron chi connectivity index (χ2n) is 9.82. The largest absolute Gasteiger partial charge is 0.463 e. The standard InChI is InChI=1S/C18H13ClF3NO7.C9H16N4OS/c1-2-28-16(24)9-29-17(25)12-8-11(4-5-14(12)23(26)27)30-15-6-3-10(7-13(15)19)18(20,21)22;1-9(2,3)6-11-12-8(15-6)13(5)7(14)10-4/h3-8H,2,9H2,1H3;1-5H3,(H,10,14). The molecule has 0 aliphatic rings. The van der Waals surface area contributed by atoms with Crippen molar-refractivity contribution < 1.29 is 46.7 Å². The number of rotatable bonds is 8. The number of nitro benzene ring substituents is 1. The molecule has 0 saturated carbocycles. The number of carbonyl (C=O) groups excluding carboxylic acids is 3. The maximum atomic E-state index is 12.7. The molecule has 45 heavy (non-hydrogen) atoms. The summed E-state index contributed by atoms with van der Waals surface area (Å²) < 4.78 is 52.8. The number of hydrogen-bond acceptors (Lipinski definition) is 11. The molecule has 0 aliphatic carbocycles. The van der Waals surface area contributed by atoms with Crippen LogP contribution < -0.4 is 15.0 Å².